The molecule has 0 radical (unpaired) electrons. The van der Waals surface area contributed by atoms with Gasteiger partial charge in [0.1, 0.15) is 23.6 Å². The Balaban J connectivity index is 0.000000272. The summed E-state index contributed by atoms with van der Waals surface area (Å²) < 4.78 is 32.5. The van der Waals surface area contributed by atoms with Crippen LogP contribution in [0, 0.1) is 24.1 Å². The highest BCUT2D eigenvalue weighted by atomic mass is 19.1. The Morgan fingerprint density at radius 2 is 1.95 bits per heavy atom. The van der Waals surface area contributed by atoms with E-state index in [1.807, 2.05) is 6.07 Å². The van der Waals surface area contributed by atoms with Gasteiger partial charge in [-0.05, 0) is 80.6 Å². The first-order valence-electron chi connectivity index (χ1n) is 14.7. The SMILES string of the molecule is C#Cc1c(F)ccc2cc(O)cc(-c3cc4nc(OC)ncc4c(N4CCC4C4CC4)n3)c12.FC1CC2CCCN2C1. The maximum Gasteiger partial charge on any atom is 0.316 e. The van der Waals surface area contributed by atoms with Crippen molar-refractivity contribution in [2.45, 2.75) is 56.8 Å². The summed E-state index contributed by atoms with van der Waals surface area (Å²) in [7, 11) is 1.52. The monoisotopic (exact) mass is 569 g/mol. The van der Waals surface area contributed by atoms with Gasteiger partial charge in [-0.2, -0.15) is 4.98 Å². The van der Waals surface area contributed by atoms with Crippen molar-refractivity contribution in [1.82, 2.24) is 19.9 Å². The molecule has 0 spiro atoms. The van der Waals surface area contributed by atoms with Crippen molar-refractivity contribution in [1.29, 1.82) is 0 Å². The zero-order valence-electron chi connectivity index (χ0n) is 23.6. The molecule has 42 heavy (non-hydrogen) atoms. The van der Waals surface area contributed by atoms with Crippen LogP contribution in [-0.2, 0) is 0 Å². The topological polar surface area (TPSA) is 74.6 Å². The number of rotatable bonds is 4. The average molecular weight is 570 g/mol. The first-order valence-corrected chi connectivity index (χ1v) is 14.7. The number of fused-ring (bicyclic) bond motifs is 3. The number of ether oxygens (including phenoxy) is 1. The van der Waals surface area contributed by atoms with Crippen LogP contribution in [0.25, 0.3) is 32.9 Å². The van der Waals surface area contributed by atoms with Gasteiger partial charge in [0.05, 0.1) is 29.3 Å². The van der Waals surface area contributed by atoms with Gasteiger partial charge in [-0.1, -0.05) is 12.0 Å². The van der Waals surface area contributed by atoms with Crippen LogP contribution in [0.4, 0.5) is 14.6 Å². The van der Waals surface area contributed by atoms with Crippen molar-refractivity contribution in [2.24, 2.45) is 5.92 Å². The van der Waals surface area contributed by atoms with E-state index in [4.69, 9.17) is 16.1 Å². The number of phenols is 1. The van der Waals surface area contributed by atoms with E-state index < -0.39 is 12.0 Å². The number of hydrogen-bond acceptors (Lipinski definition) is 7. The molecule has 3 unspecified atom stereocenters. The summed E-state index contributed by atoms with van der Waals surface area (Å²) in [6, 6.07) is 9.22. The lowest BCUT2D eigenvalue weighted by Gasteiger charge is -2.43. The van der Waals surface area contributed by atoms with E-state index in [1.165, 1.54) is 38.9 Å². The Bertz CT molecular complexity index is 1710. The molecule has 4 aromatic rings. The molecule has 2 aromatic carbocycles. The van der Waals surface area contributed by atoms with E-state index in [-0.39, 0.29) is 17.3 Å². The summed E-state index contributed by atoms with van der Waals surface area (Å²) in [5.41, 5.74) is 1.92. The molecule has 3 atom stereocenters. The van der Waals surface area contributed by atoms with Gasteiger partial charge in [-0.25, -0.2) is 18.7 Å². The van der Waals surface area contributed by atoms with Crippen molar-refractivity contribution in [3.8, 4) is 35.4 Å². The van der Waals surface area contributed by atoms with E-state index >= 15 is 0 Å². The number of alkyl halides is 1. The van der Waals surface area contributed by atoms with Crippen LogP contribution in [0.1, 0.15) is 44.1 Å². The smallest absolute Gasteiger partial charge is 0.316 e. The fourth-order valence-corrected chi connectivity index (χ4v) is 6.89. The van der Waals surface area contributed by atoms with Crippen LogP contribution in [0.3, 0.4) is 0 Å². The second kappa shape index (κ2) is 10.7. The second-order valence-corrected chi connectivity index (χ2v) is 11.8. The Morgan fingerprint density at radius 1 is 1.10 bits per heavy atom. The zero-order valence-corrected chi connectivity index (χ0v) is 23.6. The molecule has 216 valence electrons. The third-order valence-electron chi connectivity index (χ3n) is 9.16. The summed E-state index contributed by atoms with van der Waals surface area (Å²) in [5, 5.41) is 12.4. The predicted molar refractivity (Wildman–Crippen MR) is 159 cm³/mol. The largest absolute Gasteiger partial charge is 0.508 e. The zero-order chi connectivity index (χ0) is 29.0. The van der Waals surface area contributed by atoms with Crippen molar-refractivity contribution < 1.29 is 18.6 Å². The van der Waals surface area contributed by atoms with E-state index in [0.717, 1.165) is 37.1 Å². The summed E-state index contributed by atoms with van der Waals surface area (Å²) in [5.74, 6) is 3.53. The number of hydrogen-bond donors (Lipinski definition) is 1. The second-order valence-electron chi connectivity index (χ2n) is 11.8. The Hall–Kier alpha value is -4.03. The molecule has 9 heteroatoms. The van der Waals surface area contributed by atoms with Crippen LogP contribution in [0.5, 0.6) is 11.8 Å². The molecule has 3 aliphatic heterocycles. The van der Waals surface area contributed by atoms with Gasteiger partial charge in [0.15, 0.2) is 0 Å². The lowest BCUT2D eigenvalue weighted by molar-refractivity contribution is 0.292. The quantitative estimate of drug-likeness (QED) is 0.309. The van der Waals surface area contributed by atoms with Gasteiger partial charge in [-0.15, -0.1) is 6.42 Å². The van der Waals surface area contributed by atoms with Crippen molar-refractivity contribution in [3.63, 3.8) is 0 Å². The molecule has 4 fully saturated rings. The third-order valence-corrected chi connectivity index (χ3v) is 9.16. The molecular formula is C33H33F2N5O2. The van der Waals surface area contributed by atoms with Crippen LogP contribution in [-0.4, -0.2) is 70.0 Å². The molecule has 5 heterocycles. The molecule has 1 aliphatic carbocycles. The minimum atomic E-state index is -0.518. The van der Waals surface area contributed by atoms with Crippen LogP contribution >= 0.6 is 0 Å². The lowest BCUT2D eigenvalue weighted by atomic mass is 9.95. The minimum Gasteiger partial charge on any atom is -0.508 e. The number of aromatic hydroxyl groups is 1. The van der Waals surface area contributed by atoms with E-state index in [1.54, 1.807) is 24.4 Å². The highest BCUT2D eigenvalue weighted by Crippen LogP contribution is 2.45. The molecule has 0 bridgehead atoms. The molecular weight excluding hydrogens is 536 g/mol. The summed E-state index contributed by atoms with van der Waals surface area (Å²) in [6.45, 7) is 2.76. The molecule has 7 nitrogen and oxygen atoms in total. The van der Waals surface area contributed by atoms with E-state index in [2.05, 4.69) is 25.7 Å². The van der Waals surface area contributed by atoms with Crippen LogP contribution in [0.15, 0.2) is 36.5 Å². The number of phenolic OH excluding ortho intramolecular Hbond substituents is 1. The maximum absolute atomic E-state index is 14.6. The molecule has 3 saturated heterocycles. The number of nitrogens with zero attached hydrogens (tertiary/aromatic N) is 5. The van der Waals surface area contributed by atoms with E-state index in [9.17, 15) is 13.9 Å². The highest BCUT2D eigenvalue weighted by molar-refractivity contribution is 6.03. The van der Waals surface area contributed by atoms with Crippen molar-refractivity contribution in [3.05, 3.63) is 47.9 Å². The maximum atomic E-state index is 14.6. The van der Waals surface area contributed by atoms with Crippen molar-refractivity contribution >= 4 is 27.5 Å². The van der Waals surface area contributed by atoms with Crippen LogP contribution < -0.4 is 9.64 Å². The predicted octanol–water partition coefficient (Wildman–Crippen LogP) is 5.86. The standard InChI is InChI=1S/C26H21FN4O2.C7H12FN/c1-3-17-20(27)7-6-15-10-16(32)11-18(24(15)17)21-12-22-19(13-28-26(30-22)33-2)25(29-21)31-9-8-23(31)14-4-5-14;8-6-4-7-2-1-3-9(7)5-6/h1,6-7,10-14,23,32H,4-5,8-9H2,2H3;6-7H,1-5H2. The Kier molecular flexibility index (Phi) is 6.82. The van der Waals surface area contributed by atoms with Gasteiger partial charge in [0.25, 0.3) is 0 Å². The average Bonchev–Trinajstić information content (AvgIpc) is 3.58. The van der Waals surface area contributed by atoms with Gasteiger partial charge in [0.2, 0.25) is 0 Å². The first kappa shape index (κ1) is 26.8. The summed E-state index contributed by atoms with van der Waals surface area (Å²) in [4.78, 5) is 18.5. The third kappa shape index (κ3) is 4.78. The molecule has 0 amide bonds. The van der Waals surface area contributed by atoms with Crippen molar-refractivity contribution in [2.75, 3.05) is 31.6 Å². The number of terminal acetylenes is 1. The number of pyridine rings is 1. The molecule has 2 aromatic heterocycles. The minimum absolute atomic E-state index is 0.0515. The Morgan fingerprint density at radius 3 is 2.67 bits per heavy atom. The van der Waals surface area contributed by atoms with Gasteiger partial charge in [-0.3, -0.25) is 4.90 Å². The number of halogens is 2. The fraction of sp³-hybridized carbons (Fsp3) is 0.424. The number of benzene rings is 2. The Labute approximate surface area is 243 Å². The molecule has 8 rings (SSSR count). The fourth-order valence-electron chi connectivity index (χ4n) is 6.89. The summed E-state index contributed by atoms with van der Waals surface area (Å²) in [6.07, 6.45) is 13.8. The highest BCUT2D eigenvalue weighted by Gasteiger charge is 2.42. The first-order chi connectivity index (χ1) is 20.4. The lowest BCUT2D eigenvalue weighted by Crippen LogP contribution is -2.49. The van der Waals surface area contributed by atoms with E-state index in [0.29, 0.717) is 52.1 Å². The van der Waals surface area contributed by atoms with Gasteiger partial charge in [0, 0.05) is 42.3 Å². The van der Waals surface area contributed by atoms with Gasteiger partial charge < -0.3 is 14.7 Å². The van der Waals surface area contributed by atoms with Gasteiger partial charge >= 0.3 is 6.01 Å². The molecule has 1 saturated carbocycles. The molecule has 1 N–H and O–H groups in total. The summed E-state index contributed by atoms with van der Waals surface area (Å²) >= 11 is 0. The molecule has 4 aliphatic rings. The number of methoxy groups -OCH3 is 1. The van der Waals surface area contributed by atoms with Crippen LogP contribution in [0.2, 0.25) is 0 Å². The normalized spacial score (nSPS) is 23.3. The number of aromatic nitrogens is 3. The number of anilines is 1.